The van der Waals surface area contributed by atoms with Crippen LogP contribution in [0.25, 0.3) is 0 Å². The SMILES string of the molecule is Cc1c2c(cc3c1C[C@]1(C)COC(C)(C)O[C@H]31)C(=O)OCC2. The van der Waals surface area contributed by atoms with Gasteiger partial charge in [-0.2, -0.15) is 0 Å². The third-order valence-corrected chi connectivity index (χ3v) is 5.33. The van der Waals surface area contributed by atoms with Gasteiger partial charge in [-0.3, -0.25) is 0 Å². The summed E-state index contributed by atoms with van der Waals surface area (Å²) in [5, 5.41) is 0. The number of fused-ring (bicyclic) bond motifs is 4. The first-order chi connectivity index (χ1) is 10.3. The number of hydrogen-bond donors (Lipinski definition) is 0. The number of carbonyl (C=O) groups is 1. The highest BCUT2D eigenvalue weighted by Gasteiger charge is 2.51. The fraction of sp³-hybridized carbons (Fsp3) is 0.611. The van der Waals surface area contributed by atoms with E-state index >= 15 is 0 Å². The maximum absolute atomic E-state index is 12.1. The van der Waals surface area contributed by atoms with E-state index in [1.165, 1.54) is 11.1 Å². The molecule has 0 aromatic heterocycles. The highest BCUT2D eigenvalue weighted by molar-refractivity contribution is 5.93. The van der Waals surface area contributed by atoms with E-state index in [0.717, 1.165) is 29.5 Å². The number of hydrogen-bond acceptors (Lipinski definition) is 4. The van der Waals surface area contributed by atoms with Crippen LogP contribution >= 0.6 is 0 Å². The lowest BCUT2D eigenvalue weighted by atomic mass is 9.84. The topological polar surface area (TPSA) is 44.8 Å². The number of esters is 1. The quantitative estimate of drug-likeness (QED) is 0.691. The van der Waals surface area contributed by atoms with Gasteiger partial charge < -0.3 is 14.2 Å². The number of ether oxygens (including phenoxy) is 3. The minimum Gasteiger partial charge on any atom is -0.462 e. The van der Waals surface area contributed by atoms with Crippen molar-refractivity contribution in [2.75, 3.05) is 13.2 Å². The Morgan fingerprint density at radius 1 is 1.23 bits per heavy atom. The van der Waals surface area contributed by atoms with Crippen molar-refractivity contribution in [2.24, 2.45) is 5.41 Å². The van der Waals surface area contributed by atoms with Crippen LogP contribution < -0.4 is 0 Å². The lowest BCUT2D eigenvalue weighted by Gasteiger charge is -2.44. The zero-order chi connectivity index (χ0) is 15.7. The molecular weight excluding hydrogens is 280 g/mol. The Morgan fingerprint density at radius 2 is 2.00 bits per heavy atom. The molecule has 1 aromatic rings. The van der Waals surface area contributed by atoms with Gasteiger partial charge in [0.05, 0.1) is 24.9 Å². The molecule has 0 saturated carbocycles. The van der Waals surface area contributed by atoms with E-state index < -0.39 is 5.79 Å². The lowest BCUT2D eigenvalue weighted by Crippen LogP contribution is -2.45. The highest BCUT2D eigenvalue weighted by atomic mass is 16.7. The second-order valence-electron chi connectivity index (χ2n) is 7.50. The Hall–Kier alpha value is -1.39. The van der Waals surface area contributed by atoms with E-state index in [1.54, 1.807) is 0 Å². The summed E-state index contributed by atoms with van der Waals surface area (Å²) in [6.45, 7) is 9.40. The van der Waals surface area contributed by atoms with Gasteiger partial charge in [0, 0.05) is 11.8 Å². The Labute approximate surface area is 130 Å². The summed E-state index contributed by atoms with van der Waals surface area (Å²) in [6, 6.07) is 2.01. The van der Waals surface area contributed by atoms with Gasteiger partial charge >= 0.3 is 5.97 Å². The van der Waals surface area contributed by atoms with Crippen molar-refractivity contribution in [3.63, 3.8) is 0 Å². The van der Waals surface area contributed by atoms with E-state index in [0.29, 0.717) is 13.2 Å². The van der Waals surface area contributed by atoms with Crippen molar-refractivity contribution in [3.05, 3.63) is 33.9 Å². The van der Waals surface area contributed by atoms with Crippen LogP contribution in [0.4, 0.5) is 0 Å². The third kappa shape index (κ3) is 1.87. The molecule has 0 spiro atoms. The third-order valence-electron chi connectivity index (χ3n) is 5.33. The Kier molecular flexibility index (Phi) is 2.80. The van der Waals surface area contributed by atoms with Crippen molar-refractivity contribution in [1.82, 2.24) is 0 Å². The predicted molar refractivity (Wildman–Crippen MR) is 80.8 cm³/mol. The van der Waals surface area contributed by atoms with Crippen LogP contribution in [0, 0.1) is 12.3 Å². The minimum absolute atomic E-state index is 0.0232. The summed E-state index contributed by atoms with van der Waals surface area (Å²) in [6.07, 6.45) is 1.73. The average molecular weight is 302 g/mol. The van der Waals surface area contributed by atoms with Gasteiger partial charge in [0.2, 0.25) is 0 Å². The fourth-order valence-electron chi connectivity index (χ4n) is 4.09. The molecule has 4 nitrogen and oxygen atoms in total. The molecule has 1 aromatic carbocycles. The van der Waals surface area contributed by atoms with Crippen LogP contribution in [-0.4, -0.2) is 25.0 Å². The Balaban J connectivity index is 1.88. The van der Waals surface area contributed by atoms with Crippen LogP contribution in [0.2, 0.25) is 0 Å². The van der Waals surface area contributed by atoms with E-state index in [4.69, 9.17) is 14.2 Å². The molecule has 0 amide bonds. The molecule has 3 aliphatic rings. The van der Waals surface area contributed by atoms with Crippen molar-refractivity contribution in [1.29, 1.82) is 0 Å². The van der Waals surface area contributed by atoms with Gasteiger partial charge in [-0.05, 0) is 55.5 Å². The monoisotopic (exact) mass is 302 g/mol. The van der Waals surface area contributed by atoms with Crippen LogP contribution in [0.5, 0.6) is 0 Å². The fourth-order valence-corrected chi connectivity index (χ4v) is 4.09. The van der Waals surface area contributed by atoms with E-state index in [9.17, 15) is 4.79 Å². The Bertz CT molecular complexity index is 676. The first kappa shape index (κ1) is 14.2. The first-order valence-corrected chi connectivity index (χ1v) is 7.95. The second kappa shape index (κ2) is 4.33. The maximum atomic E-state index is 12.1. The van der Waals surface area contributed by atoms with E-state index in [2.05, 4.69) is 13.8 Å². The summed E-state index contributed by atoms with van der Waals surface area (Å²) in [5.41, 5.74) is 5.53. The number of cyclic esters (lactones) is 1. The second-order valence-corrected chi connectivity index (χ2v) is 7.50. The van der Waals surface area contributed by atoms with Crippen molar-refractivity contribution < 1.29 is 19.0 Å². The van der Waals surface area contributed by atoms with Gasteiger partial charge in [0.15, 0.2) is 5.79 Å². The maximum Gasteiger partial charge on any atom is 0.338 e. The van der Waals surface area contributed by atoms with Crippen molar-refractivity contribution in [3.8, 4) is 0 Å². The van der Waals surface area contributed by atoms with Crippen LogP contribution in [0.15, 0.2) is 6.07 Å². The van der Waals surface area contributed by atoms with Crippen LogP contribution in [0.3, 0.4) is 0 Å². The molecule has 2 heterocycles. The smallest absolute Gasteiger partial charge is 0.338 e. The Morgan fingerprint density at radius 3 is 2.77 bits per heavy atom. The van der Waals surface area contributed by atoms with Gasteiger partial charge in [-0.25, -0.2) is 4.79 Å². The van der Waals surface area contributed by atoms with E-state index in [-0.39, 0.29) is 17.5 Å². The molecule has 4 rings (SSSR count). The van der Waals surface area contributed by atoms with Crippen LogP contribution in [0.1, 0.15) is 59.5 Å². The number of benzene rings is 1. The van der Waals surface area contributed by atoms with E-state index in [1.807, 2.05) is 19.9 Å². The summed E-state index contributed by atoms with van der Waals surface area (Å²) in [7, 11) is 0. The zero-order valence-electron chi connectivity index (χ0n) is 13.6. The molecule has 2 aliphatic heterocycles. The molecule has 0 unspecified atom stereocenters. The first-order valence-electron chi connectivity index (χ1n) is 7.95. The van der Waals surface area contributed by atoms with Crippen LogP contribution in [-0.2, 0) is 27.1 Å². The largest absolute Gasteiger partial charge is 0.462 e. The average Bonchev–Trinajstić information content (AvgIpc) is 2.74. The zero-order valence-corrected chi connectivity index (χ0v) is 13.6. The standard InChI is InChI=1S/C18H22O4/c1-10-11-5-6-20-16(19)13(11)7-12-14(10)8-18(4)9-21-17(2,3)22-15(12)18/h7,15H,5-6,8-9H2,1-4H3/t15-,18-/m1/s1. The van der Waals surface area contributed by atoms with Crippen molar-refractivity contribution in [2.45, 2.75) is 52.4 Å². The summed E-state index contributed by atoms with van der Waals surface area (Å²) < 4.78 is 17.3. The molecule has 0 N–H and O–H groups in total. The molecule has 22 heavy (non-hydrogen) atoms. The molecule has 1 saturated heterocycles. The van der Waals surface area contributed by atoms with Gasteiger partial charge in [-0.15, -0.1) is 0 Å². The van der Waals surface area contributed by atoms with Gasteiger partial charge in [0.25, 0.3) is 0 Å². The number of rotatable bonds is 0. The highest BCUT2D eigenvalue weighted by Crippen LogP contribution is 2.54. The molecule has 2 atom stereocenters. The molecule has 4 heteroatoms. The summed E-state index contributed by atoms with van der Waals surface area (Å²) >= 11 is 0. The van der Waals surface area contributed by atoms with Gasteiger partial charge in [0.1, 0.15) is 0 Å². The predicted octanol–water partition coefficient (Wildman–Crippen LogP) is 3.09. The van der Waals surface area contributed by atoms with Crippen molar-refractivity contribution >= 4 is 5.97 Å². The number of carbonyl (C=O) groups excluding carboxylic acids is 1. The summed E-state index contributed by atoms with van der Waals surface area (Å²) in [4.78, 5) is 12.1. The molecule has 0 radical (unpaired) electrons. The minimum atomic E-state index is -0.587. The normalized spacial score (nSPS) is 32.0. The molecule has 118 valence electrons. The molecular formula is C18H22O4. The van der Waals surface area contributed by atoms with Gasteiger partial charge in [-0.1, -0.05) is 6.92 Å². The molecule has 1 aliphatic carbocycles. The lowest BCUT2D eigenvalue weighted by molar-refractivity contribution is -0.314. The molecule has 0 bridgehead atoms. The summed E-state index contributed by atoms with van der Waals surface area (Å²) in [5.74, 6) is -0.789. The molecule has 1 fully saturated rings.